The number of pyridine rings is 1. The van der Waals surface area contributed by atoms with Gasteiger partial charge in [0.15, 0.2) is 5.60 Å². The minimum Gasteiger partial charge on any atom is -0.461 e. The Hall–Kier alpha value is -1.96. The monoisotopic (exact) mass is 456 g/mol. The van der Waals surface area contributed by atoms with Gasteiger partial charge in [0, 0.05) is 38.6 Å². The molecule has 5 rings (SSSR count). The van der Waals surface area contributed by atoms with Crippen LogP contribution in [-0.4, -0.2) is 55.2 Å². The quantitative estimate of drug-likeness (QED) is 0.309. The van der Waals surface area contributed by atoms with Crippen LogP contribution in [0.25, 0.3) is 11.0 Å². The largest absolute Gasteiger partial charge is 0.461 e. The average molecular weight is 457 g/mol. The van der Waals surface area contributed by atoms with Gasteiger partial charge in [-0.05, 0) is 36.8 Å². The summed E-state index contributed by atoms with van der Waals surface area (Å²) in [7, 11) is 3.22. The fourth-order valence-corrected chi connectivity index (χ4v) is 5.30. The zero-order chi connectivity index (χ0) is 22.8. The number of amides is 1. The van der Waals surface area contributed by atoms with Crippen molar-refractivity contribution in [2.45, 2.75) is 75.9 Å². The zero-order valence-electron chi connectivity index (χ0n) is 19.9. The lowest BCUT2D eigenvalue weighted by atomic mass is 9.75. The summed E-state index contributed by atoms with van der Waals surface area (Å²) in [5.74, 6) is 2.67. The molecule has 2 aromatic heterocycles. The molecule has 2 aliphatic carbocycles. The summed E-state index contributed by atoms with van der Waals surface area (Å²) in [6, 6.07) is 3.97. The number of hydrogen-bond donors (Lipinski definition) is 0. The maximum atomic E-state index is 13.4. The first-order valence-electron chi connectivity index (χ1n) is 12.4. The Labute approximate surface area is 195 Å². The van der Waals surface area contributed by atoms with E-state index >= 15 is 0 Å². The van der Waals surface area contributed by atoms with Gasteiger partial charge in [0.05, 0.1) is 11.7 Å². The van der Waals surface area contributed by atoms with E-state index in [2.05, 4.69) is 11.1 Å². The molecule has 0 radical (unpaired) electrons. The number of aryl methyl sites for hydroxylation is 1. The van der Waals surface area contributed by atoms with E-state index in [0.717, 1.165) is 53.5 Å². The van der Waals surface area contributed by atoms with Crippen LogP contribution in [0.4, 0.5) is 0 Å². The van der Waals surface area contributed by atoms with Gasteiger partial charge in [0.1, 0.15) is 24.9 Å². The number of hydrogen-bond acceptors (Lipinski definition) is 6. The molecule has 7 nitrogen and oxygen atoms in total. The van der Waals surface area contributed by atoms with Crippen molar-refractivity contribution in [3.05, 3.63) is 29.8 Å². The van der Waals surface area contributed by atoms with Gasteiger partial charge >= 0.3 is 0 Å². The van der Waals surface area contributed by atoms with Crippen LogP contribution < -0.4 is 0 Å². The van der Waals surface area contributed by atoms with Crippen LogP contribution in [0.5, 0.6) is 0 Å². The lowest BCUT2D eigenvalue weighted by Crippen LogP contribution is -2.76. The predicted octanol–water partition coefficient (Wildman–Crippen LogP) is 4.47. The van der Waals surface area contributed by atoms with E-state index in [1.54, 1.807) is 25.3 Å². The van der Waals surface area contributed by atoms with Crippen LogP contribution in [0.2, 0.25) is 0 Å². The highest BCUT2D eigenvalue weighted by Crippen LogP contribution is 2.43. The molecule has 0 aromatic carbocycles. The number of fused-ring (bicyclic) bond motifs is 1. The van der Waals surface area contributed by atoms with Crippen LogP contribution in [-0.2, 0) is 31.8 Å². The third kappa shape index (κ3) is 4.81. The molecule has 7 heteroatoms. The molecule has 3 heterocycles. The fourth-order valence-electron chi connectivity index (χ4n) is 5.30. The number of ether oxygens (including phenoxy) is 3. The smallest absolute Gasteiger partial charge is 0.259 e. The van der Waals surface area contributed by atoms with Crippen molar-refractivity contribution < 1.29 is 23.4 Å². The Kier molecular flexibility index (Phi) is 6.72. The Morgan fingerprint density at radius 3 is 2.64 bits per heavy atom. The minimum atomic E-state index is -0.981. The number of β-lactam (4-membered cyclic amide) rings is 1. The Morgan fingerprint density at radius 2 is 1.91 bits per heavy atom. The van der Waals surface area contributed by atoms with Crippen molar-refractivity contribution in [3.8, 4) is 0 Å². The van der Waals surface area contributed by atoms with Crippen molar-refractivity contribution in [1.82, 2.24) is 9.88 Å². The molecule has 3 fully saturated rings. The van der Waals surface area contributed by atoms with Gasteiger partial charge in [-0.15, -0.1) is 0 Å². The SMILES string of the molecule is COCOC1(Cc2nccc3oc(CCC4CC4)cc23)C(=O)N(COC)C1CCCC1CC1. The van der Waals surface area contributed by atoms with Crippen LogP contribution in [0, 0.1) is 11.8 Å². The first kappa shape index (κ1) is 22.8. The maximum absolute atomic E-state index is 13.4. The van der Waals surface area contributed by atoms with Gasteiger partial charge in [-0.25, -0.2) is 0 Å². The first-order chi connectivity index (χ1) is 16.1. The number of carbonyl (C=O) groups excluding carboxylic acids is 1. The van der Waals surface area contributed by atoms with E-state index in [-0.39, 0.29) is 25.5 Å². The molecular formula is C26H36N2O5. The molecule has 1 saturated heterocycles. The number of likely N-dealkylation sites (tertiary alicyclic amines) is 1. The molecule has 2 atom stereocenters. The first-order valence-corrected chi connectivity index (χ1v) is 12.4. The van der Waals surface area contributed by atoms with Gasteiger partial charge in [-0.1, -0.05) is 38.5 Å². The highest BCUT2D eigenvalue weighted by atomic mass is 16.7. The molecule has 0 bridgehead atoms. The topological polar surface area (TPSA) is 74.0 Å². The average Bonchev–Trinajstić information content (AvgIpc) is 3.76. The van der Waals surface area contributed by atoms with E-state index in [4.69, 9.17) is 18.6 Å². The third-order valence-electron chi connectivity index (χ3n) is 7.53. The van der Waals surface area contributed by atoms with Crippen molar-refractivity contribution in [1.29, 1.82) is 0 Å². The summed E-state index contributed by atoms with van der Waals surface area (Å²) in [6.45, 7) is 0.347. The van der Waals surface area contributed by atoms with Crippen LogP contribution in [0.3, 0.4) is 0 Å². The summed E-state index contributed by atoms with van der Waals surface area (Å²) < 4.78 is 22.9. The number of aromatic nitrogens is 1. The molecular weight excluding hydrogens is 420 g/mol. The van der Waals surface area contributed by atoms with Crippen LogP contribution in [0.1, 0.15) is 62.8 Å². The van der Waals surface area contributed by atoms with Crippen molar-refractivity contribution in [2.75, 3.05) is 27.7 Å². The summed E-state index contributed by atoms with van der Waals surface area (Å²) in [5, 5.41) is 0.985. The number of nitrogens with zero attached hydrogens (tertiary/aromatic N) is 2. The Morgan fingerprint density at radius 1 is 1.12 bits per heavy atom. The standard InChI is InChI=1S/C26H36N2O5/c1-30-16-28-24(5-3-4-18-6-7-18)26(25(28)29,32-17-31-2)15-22-21-14-20(11-10-19-8-9-19)33-23(21)12-13-27-22/h12-14,18-19,24H,3-11,15-17H2,1-2H3. The fraction of sp³-hybridized carbons (Fsp3) is 0.692. The Bertz CT molecular complexity index is 967. The summed E-state index contributed by atoms with van der Waals surface area (Å²) in [6.07, 6.45) is 12.9. The van der Waals surface area contributed by atoms with E-state index < -0.39 is 5.60 Å². The van der Waals surface area contributed by atoms with Crippen molar-refractivity contribution in [2.24, 2.45) is 11.8 Å². The number of rotatable bonds is 14. The van der Waals surface area contributed by atoms with Gasteiger partial charge in [0.2, 0.25) is 0 Å². The molecule has 0 N–H and O–H groups in total. The molecule has 2 unspecified atom stereocenters. The highest BCUT2D eigenvalue weighted by molar-refractivity contribution is 5.94. The normalized spacial score (nSPS) is 25.1. The van der Waals surface area contributed by atoms with E-state index in [9.17, 15) is 4.79 Å². The van der Waals surface area contributed by atoms with Crippen LogP contribution >= 0.6 is 0 Å². The summed E-state index contributed by atoms with van der Waals surface area (Å²) in [5.41, 5.74) is 0.700. The summed E-state index contributed by atoms with van der Waals surface area (Å²) >= 11 is 0. The van der Waals surface area contributed by atoms with E-state index in [1.165, 1.54) is 38.5 Å². The van der Waals surface area contributed by atoms with E-state index in [0.29, 0.717) is 6.42 Å². The maximum Gasteiger partial charge on any atom is 0.259 e. The second-order valence-corrected chi connectivity index (χ2v) is 10.1. The third-order valence-corrected chi connectivity index (χ3v) is 7.53. The number of furan rings is 1. The molecule has 1 aliphatic heterocycles. The van der Waals surface area contributed by atoms with Gasteiger partial charge in [-0.3, -0.25) is 9.78 Å². The molecule has 33 heavy (non-hydrogen) atoms. The van der Waals surface area contributed by atoms with Crippen molar-refractivity contribution in [3.63, 3.8) is 0 Å². The molecule has 0 spiro atoms. The number of methoxy groups -OCH3 is 2. The second-order valence-electron chi connectivity index (χ2n) is 10.1. The summed E-state index contributed by atoms with van der Waals surface area (Å²) in [4.78, 5) is 19.9. The highest BCUT2D eigenvalue weighted by Gasteiger charge is 2.61. The van der Waals surface area contributed by atoms with Gasteiger partial charge in [-0.2, -0.15) is 0 Å². The predicted molar refractivity (Wildman–Crippen MR) is 124 cm³/mol. The van der Waals surface area contributed by atoms with Gasteiger partial charge in [0.25, 0.3) is 5.91 Å². The molecule has 180 valence electrons. The Balaban J connectivity index is 1.39. The second kappa shape index (κ2) is 9.72. The zero-order valence-corrected chi connectivity index (χ0v) is 19.9. The van der Waals surface area contributed by atoms with E-state index in [1.807, 2.05) is 6.07 Å². The minimum absolute atomic E-state index is 0.0472. The molecule has 2 saturated carbocycles. The van der Waals surface area contributed by atoms with Crippen LogP contribution in [0.15, 0.2) is 22.7 Å². The lowest BCUT2D eigenvalue weighted by molar-refractivity contribution is -0.234. The molecule has 2 aromatic rings. The molecule has 3 aliphatic rings. The van der Waals surface area contributed by atoms with Gasteiger partial charge < -0.3 is 23.5 Å². The number of carbonyl (C=O) groups is 1. The lowest BCUT2D eigenvalue weighted by Gasteiger charge is -2.55. The molecule has 1 amide bonds. The van der Waals surface area contributed by atoms with Crippen molar-refractivity contribution >= 4 is 16.9 Å².